The largest absolute Gasteiger partial charge is 0.361 e. The molecule has 1 rings (SSSR count). The molecule has 0 spiro atoms. The third kappa shape index (κ3) is 3.73. The Bertz CT molecular complexity index is 263. The van der Waals surface area contributed by atoms with Crippen molar-refractivity contribution in [3.8, 4) is 12.3 Å². The molecular formula is C11H16N2O. The van der Waals surface area contributed by atoms with Gasteiger partial charge in [0.05, 0.1) is 12.6 Å². The molecular weight excluding hydrogens is 176 g/mol. The minimum atomic E-state index is 0.155. The Morgan fingerprint density at radius 3 is 3.14 bits per heavy atom. The normalized spacial score (nSPS) is 23.7. The second kappa shape index (κ2) is 6.36. The van der Waals surface area contributed by atoms with Crippen LogP contribution >= 0.6 is 0 Å². The number of rotatable bonds is 4. The van der Waals surface area contributed by atoms with Gasteiger partial charge < -0.3 is 10.5 Å². The molecule has 76 valence electrons. The summed E-state index contributed by atoms with van der Waals surface area (Å²) in [6.07, 6.45) is 11.2. The van der Waals surface area contributed by atoms with Gasteiger partial charge in [-0.3, -0.25) is 4.99 Å². The number of nitrogens with two attached hydrogens (primary N) is 1. The first kappa shape index (κ1) is 11.0. The van der Waals surface area contributed by atoms with Crippen molar-refractivity contribution in [3.63, 3.8) is 0 Å². The van der Waals surface area contributed by atoms with Crippen molar-refractivity contribution in [1.29, 1.82) is 0 Å². The third-order valence-electron chi connectivity index (χ3n) is 2.01. The molecule has 1 aliphatic carbocycles. The van der Waals surface area contributed by atoms with Crippen LogP contribution in [0.4, 0.5) is 0 Å². The smallest absolute Gasteiger partial charge is 0.108 e. The van der Waals surface area contributed by atoms with Crippen molar-refractivity contribution in [1.82, 2.24) is 0 Å². The first-order chi connectivity index (χ1) is 6.86. The van der Waals surface area contributed by atoms with Crippen LogP contribution in [-0.4, -0.2) is 31.5 Å². The second-order valence-corrected chi connectivity index (χ2v) is 3.11. The van der Waals surface area contributed by atoms with Gasteiger partial charge in [-0.15, -0.1) is 6.42 Å². The monoisotopic (exact) mass is 192 g/mol. The van der Waals surface area contributed by atoms with E-state index in [-0.39, 0.29) is 6.10 Å². The van der Waals surface area contributed by atoms with E-state index in [0.717, 1.165) is 18.6 Å². The van der Waals surface area contributed by atoms with E-state index in [0.29, 0.717) is 19.7 Å². The van der Waals surface area contributed by atoms with Crippen molar-refractivity contribution in [2.75, 3.05) is 19.7 Å². The third-order valence-corrected chi connectivity index (χ3v) is 2.01. The van der Waals surface area contributed by atoms with Crippen LogP contribution in [0, 0.1) is 12.3 Å². The van der Waals surface area contributed by atoms with Crippen molar-refractivity contribution in [2.24, 2.45) is 10.7 Å². The highest BCUT2D eigenvalue weighted by atomic mass is 16.5. The SMILES string of the molecule is C#CCOC1C=CC(=NCCN)CC1. The Labute approximate surface area is 85.0 Å². The van der Waals surface area contributed by atoms with Crippen LogP contribution in [0.2, 0.25) is 0 Å². The molecule has 0 saturated carbocycles. The predicted molar refractivity (Wildman–Crippen MR) is 58.3 cm³/mol. The maximum absolute atomic E-state index is 5.38. The van der Waals surface area contributed by atoms with Gasteiger partial charge in [-0.2, -0.15) is 0 Å². The molecule has 0 fully saturated rings. The number of hydrogen-bond acceptors (Lipinski definition) is 3. The number of ether oxygens (including phenoxy) is 1. The fourth-order valence-electron chi connectivity index (χ4n) is 1.32. The summed E-state index contributed by atoms with van der Waals surface area (Å²) in [5, 5.41) is 0. The van der Waals surface area contributed by atoms with Crippen LogP contribution in [0.5, 0.6) is 0 Å². The highest BCUT2D eigenvalue weighted by Gasteiger charge is 2.11. The Balaban J connectivity index is 2.36. The summed E-state index contributed by atoms with van der Waals surface area (Å²) in [5.41, 5.74) is 6.47. The second-order valence-electron chi connectivity index (χ2n) is 3.11. The van der Waals surface area contributed by atoms with Gasteiger partial charge in [0.15, 0.2) is 0 Å². The van der Waals surface area contributed by atoms with Crippen molar-refractivity contribution in [2.45, 2.75) is 18.9 Å². The summed E-state index contributed by atoms with van der Waals surface area (Å²) in [6.45, 7) is 1.69. The molecule has 1 aliphatic rings. The Morgan fingerprint density at radius 2 is 2.57 bits per heavy atom. The van der Waals surface area contributed by atoms with Crippen LogP contribution < -0.4 is 5.73 Å². The number of allylic oxidation sites excluding steroid dienone is 1. The van der Waals surface area contributed by atoms with Gasteiger partial charge in [0, 0.05) is 12.3 Å². The molecule has 2 N–H and O–H groups in total. The number of terminal acetylenes is 1. The topological polar surface area (TPSA) is 47.6 Å². The molecule has 0 aromatic heterocycles. The highest BCUT2D eigenvalue weighted by Crippen LogP contribution is 2.12. The minimum absolute atomic E-state index is 0.155. The summed E-state index contributed by atoms with van der Waals surface area (Å²) in [5.74, 6) is 2.46. The van der Waals surface area contributed by atoms with E-state index < -0.39 is 0 Å². The van der Waals surface area contributed by atoms with Crippen molar-refractivity contribution < 1.29 is 4.74 Å². The van der Waals surface area contributed by atoms with Gasteiger partial charge in [-0.1, -0.05) is 12.0 Å². The molecule has 1 unspecified atom stereocenters. The minimum Gasteiger partial charge on any atom is -0.361 e. The summed E-state index contributed by atoms with van der Waals surface area (Å²) >= 11 is 0. The molecule has 3 heteroatoms. The van der Waals surface area contributed by atoms with E-state index in [1.165, 1.54) is 0 Å². The molecule has 0 saturated heterocycles. The zero-order valence-corrected chi connectivity index (χ0v) is 8.28. The fraction of sp³-hybridized carbons (Fsp3) is 0.545. The average molecular weight is 192 g/mol. The first-order valence-electron chi connectivity index (χ1n) is 4.83. The average Bonchev–Trinajstić information content (AvgIpc) is 2.25. The van der Waals surface area contributed by atoms with E-state index in [2.05, 4.69) is 10.9 Å². The molecule has 1 atom stereocenters. The lowest BCUT2D eigenvalue weighted by molar-refractivity contribution is 0.107. The van der Waals surface area contributed by atoms with Gasteiger partial charge in [-0.05, 0) is 18.9 Å². The van der Waals surface area contributed by atoms with E-state index in [4.69, 9.17) is 16.9 Å². The van der Waals surface area contributed by atoms with Gasteiger partial charge in [0.2, 0.25) is 0 Å². The molecule has 0 amide bonds. The van der Waals surface area contributed by atoms with E-state index in [1.807, 2.05) is 12.2 Å². The first-order valence-corrected chi connectivity index (χ1v) is 4.83. The lowest BCUT2D eigenvalue weighted by Crippen LogP contribution is -2.17. The highest BCUT2D eigenvalue weighted by molar-refractivity contribution is 5.95. The van der Waals surface area contributed by atoms with Gasteiger partial charge in [0.25, 0.3) is 0 Å². The number of hydrogen-bond donors (Lipinski definition) is 1. The Kier molecular flexibility index (Phi) is 4.98. The summed E-state index contributed by atoms with van der Waals surface area (Å²) in [7, 11) is 0. The fourth-order valence-corrected chi connectivity index (χ4v) is 1.32. The standard InChI is InChI=1S/C11H16N2O/c1-2-9-14-11-5-3-10(4-6-11)13-8-7-12/h1,3,5,11H,4,6-9,12H2. The maximum atomic E-state index is 5.38. The van der Waals surface area contributed by atoms with Crippen LogP contribution in [-0.2, 0) is 4.74 Å². The lowest BCUT2D eigenvalue weighted by Gasteiger charge is -2.16. The predicted octanol–water partition coefficient (Wildman–Crippen LogP) is 0.754. The molecule has 0 bridgehead atoms. The number of nitrogens with zero attached hydrogens (tertiary/aromatic N) is 1. The molecule has 3 nitrogen and oxygen atoms in total. The molecule has 0 heterocycles. The molecule has 0 aromatic rings. The Morgan fingerprint density at radius 1 is 1.71 bits per heavy atom. The summed E-state index contributed by atoms with van der Waals surface area (Å²) in [6, 6.07) is 0. The van der Waals surface area contributed by atoms with Crippen LogP contribution in [0.1, 0.15) is 12.8 Å². The maximum Gasteiger partial charge on any atom is 0.108 e. The molecule has 0 radical (unpaired) electrons. The van der Waals surface area contributed by atoms with Gasteiger partial charge >= 0.3 is 0 Å². The molecule has 14 heavy (non-hydrogen) atoms. The Hall–Kier alpha value is -1.11. The lowest BCUT2D eigenvalue weighted by atomic mass is 10.0. The van der Waals surface area contributed by atoms with Gasteiger partial charge in [-0.25, -0.2) is 0 Å². The van der Waals surface area contributed by atoms with Crippen molar-refractivity contribution in [3.05, 3.63) is 12.2 Å². The van der Waals surface area contributed by atoms with Crippen LogP contribution in [0.15, 0.2) is 17.1 Å². The van der Waals surface area contributed by atoms with E-state index >= 15 is 0 Å². The van der Waals surface area contributed by atoms with E-state index in [9.17, 15) is 0 Å². The molecule has 0 aromatic carbocycles. The molecule has 0 aliphatic heterocycles. The zero-order chi connectivity index (χ0) is 10.2. The summed E-state index contributed by atoms with van der Waals surface area (Å²) < 4.78 is 5.38. The van der Waals surface area contributed by atoms with Crippen LogP contribution in [0.25, 0.3) is 0 Å². The van der Waals surface area contributed by atoms with Gasteiger partial charge in [0.1, 0.15) is 6.61 Å². The van der Waals surface area contributed by atoms with E-state index in [1.54, 1.807) is 0 Å². The zero-order valence-electron chi connectivity index (χ0n) is 8.28. The summed E-state index contributed by atoms with van der Waals surface area (Å²) in [4.78, 5) is 4.33. The quantitative estimate of drug-likeness (QED) is 0.668. The van der Waals surface area contributed by atoms with Crippen LogP contribution in [0.3, 0.4) is 0 Å². The number of aliphatic imine (C=N–C) groups is 1. The van der Waals surface area contributed by atoms with Crippen molar-refractivity contribution >= 4 is 5.71 Å².